The fourth-order valence-corrected chi connectivity index (χ4v) is 1.79. The van der Waals surface area contributed by atoms with Crippen molar-refractivity contribution in [3.63, 3.8) is 0 Å². The molecule has 0 unspecified atom stereocenters. The van der Waals surface area contributed by atoms with Gasteiger partial charge in [-0.2, -0.15) is 0 Å². The minimum absolute atomic E-state index is 0.473. The standard InChI is InChI=1S/C14H15BrN2O/c1-2-16-14-5-3-4-12(17-14)10-18-13-8-6-11(15)7-9-13/h3-9H,2,10H2,1H3,(H,16,17). The third-order valence-corrected chi connectivity index (χ3v) is 2.89. The number of hydrogen-bond donors (Lipinski definition) is 1. The van der Waals surface area contributed by atoms with Crippen LogP contribution in [-0.2, 0) is 6.61 Å². The van der Waals surface area contributed by atoms with Gasteiger partial charge in [-0.05, 0) is 43.3 Å². The van der Waals surface area contributed by atoms with Crippen LogP contribution in [0.3, 0.4) is 0 Å². The molecule has 0 saturated carbocycles. The Morgan fingerprint density at radius 2 is 1.94 bits per heavy atom. The molecule has 0 amide bonds. The number of nitrogens with zero attached hydrogens (tertiary/aromatic N) is 1. The van der Waals surface area contributed by atoms with E-state index >= 15 is 0 Å². The van der Waals surface area contributed by atoms with Gasteiger partial charge in [0.1, 0.15) is 18.2 Å². The maximum atomic E-state index is 5.67. The number of pyridine rings is 1. The van der Waals surface area contributed by atoms with Crippen molar-refractivity contribution in [2.45, 2.75) is 13.5 Å². The molecule has 94 valence electrons. The van der Waals surface area contributed by atoms with Crippen molar-refractivity contribution in [1.82, 2.24) is 4.98 Å². The predicted octanol–water partition coefficient (Wildman–Crippen LogP) is 3.85. The van der Waals surface area contributed by atoms with Crippen LogP contribution in [0.2, 0.25) is 0 Å². The van der Waals surface area contributed by atoms with E-state index in [-0.39, 0.29) is 0 Å². The zero-order valence-corrected chi connectivity index (χ0v) is 11.8. The topological polar surface area (TPSA) is 34.1 Å². The monoisotopic (exact) mass is 306 g/mol. The highest BCUT2D eigenvalue weighted by atomic mass is 79.9. The van der Waals surface area contributed by atoms with Gasteiger partial charge >= 0.3 is 0 Å². The number of anilines is 1. The molecule has 18 heavy (non-hydrogen) atoms. The number of aromatic nitrogens is 1. The van der Waals surface area contributed by atoms with E-state index in [1.807, 2.05) is 49.4 Å². The van der Waals surface area contributed by atoms with Gasteiger partial charge in [-0.3, -0.25) is 0 Å². The number of nitrogens with one attached hydrogen (secondary N) is 1. The molecule has 1 aromatic carbocycles. The van der Waals surface area contributed by atoms with E-state index in [4.69, 9.17) is 4.74 Å². The lowest BCUT2D eigenvalue weighted by Gasteiger charge is -2.07. The van der Waals surface area contributed by atoms with E-state index in [1.54, 1.807) is 0 Å². The van der Waals surface area contributed by atoms with Crippen molar-refractivity contribution in [2.75, 3.05) is 11.9 Å². The first-order valence-corrected chi connectivity index (χ1v) is 6.65. The summed E-state index contributed by atoms with van der Waals surface area (Å²) < 4.78 is 6.71. The molecule has 2 aromatic rings. The smallest absolute Gasteiger partial charge is 0.130 e. The molecule has 0 radical (unpaired) electrons. The van der Waals surface area contributed by atoms with Crippen molar-refractivity contribution >= 4 is 21.7 Å². The lowest BCUT2D eigenvalue weighted by atomic mass is 10.3. The fraction of sp³-hybridized carbons (Fsp3) is 0.214. The highest BCUT2D eigenvalue weighted by Crippen LogP contribution is 2.17. The van der Waals surface area contributed by atoms with E-state index < -0.39 is 0 Å². The van der Waals surface area contributed by atoms with Crippen LogP contribution in [0.1, 0.15) is 12.6 Å². The summed E-state index contributed by atoms with van der Waals surface area (Å²) in [7, 11) is 0. The Balaban J connectivity index is 1.97. The zero-order valence-electron chi connectivity index (χ0n) is 10.2. The largest absolute Gasteiger partial charge is 0.487 e. The van der Waals surface area contributed by atoms with Crippen LogP contribution in [0.15, 0.2) is 46.9 Å². The average molecular weight is 307 g/mol. The predicted molar refractivity (Wildman–Crippen MR) is 76.9 cm³/mol. The molecule has 3 nitrogen and oxygen atoms in total. The fourth-order valence-electron chi connectivity index (χ4n) is 1.53. The lowest BCUT2D eigenvalue weighted by molar-refractivity contribution is 0.301. The van der Waals surface area contributed by atoms with E-state index in [9.17, 15) is 0 Å². The third-order valence-electron chi connectivity index (χ3n) is 2.37. The molecular formula is C14H15BrN2O. The van der Waals surface area contributed by atoms with E-state index in [0.29, 0.717) is 6.61 Å². The summed E-state index contributed by atoms with van der Waals surface area (Å²) in [5, 5.41) is 3.18. The molecule has 1 heterocycles. The van der Waals surface area contributed by atoms with Gasteiger partial charge in [-0.25, -0.2) is 4.98 Å². The molecule has 0 atom stereocenters. The van der Waals surface area contributed by atoms with Crippen LogP contribution >= 0.6 is 15.9 Å². The van der Waals surface area contributed by atoms with Gasteiger partial charge in [-0.15, -0.1) is 0 Å². The molecule has 0 bridgehead atoms. The number of rotatable bonds is 5. The Kier molecular flexibility index (Phi) is 4.59. The number of benzene rings is 1. The second kappa shape index (κ2) is 6.40. The van der Waals surface area contributed by atoms with Crippen LogP contribution in [0, 0.1) is 0 Å². The van der Waals surface area contributed by atoms with Crippen LogP contribution in [0.4, 0.5) is 5.82 Å². The van der Waals surface area contributed by atoms with Crippen LogP contribution in [0.25, 0.3) is 0 Å². The minimum atomic E-state index is 0.473. The van der Waals surface area contributed by atoms with Crippen molar-refractivity contribution < 1.29 is 4.74 Å². The Labute approximate surface area is 115 Å². The maximum absolute atomic E-state index is 5.67. The van der Waals surface area contributed by atoms with Gasteiger partial charge in [0.15, 0.2) is 0 Å². The summed E-state index contributed by atoms with van der Waals surface area (Å²) in [4.78, 5) is 4.45. The summed E-state index contributed by atoms with van der Waals surface area (Å²) >= 11 is 3.39. The molecule has 4 heteroatoms. The summed E-state index contributed by atoms with van der Waals surface area (Å²) in [6.07, 6.45) is 0. The quantitative estimate of drug-likeness (QED) is 0.911. The molecule has 0 aliphatic carbocycles. The Morgan fingerprint density at radius 3 is 2.67 bits per heavy atom. The van der Waals surface area contributed by atoms with Gasteiger partial charge in [0.05, 0.1) is 5.69 Å². The molecule has 0 aliphatic heterocycles. The summed E-state index contributed by atoms with van der Waals surface area (Å²) in [6.45, 7) is 3.39. The molecule has 0 fully saturated rings. The van der Waals surface area contributed by atoms with Crippen molar-refractivity contribution in [1.29, 1.82) is 0 Å². The zero-order chi connectivity index (χ0) is 12.8. The normalized spacial score (nSPS) is 10.1. The van der Waals surface area contributed by atoms with Crippen molar-refractivity contribution in [3.8, 4) is 5.75 Å². The summed E-state index contributed by atoms with van der Waals surface area (Å²) in [5.74, 6) is 1.73. The van der Waals surface area contributed by atoms with Crippen LogP contribution in [0.5, 0.6) is 5.75 Å². The first-order valence-electron chi connectivity index (χ1n) is 5.86. The Bertz CT molecular complexity index is 499. The molecule has 0 spiro atoms. The molecule has 0 saturated heterocycles. The summed E-state index contributed by atoms with van der Waals surface area (Å²) in [5.41, 5.74) is 0.913. The Hall–Kier alpha value is -1.55. The van der Waals surface area contributed by atoms with Gasteiger partial charge < -0.3 is 10.1 Å². The minimum Gasteiger partial charge on any atom is -0.487 e. The van der Waals surface area contributed by atoms with Gasteiger partial charge in [0, 0.05) is 11.0 Å². The number of hydrogen-bond acceptors (Lipinski definition) is 3. The van der Waals surface area contributed by atoms with E-state index in [0.717, 1.165) is 28.3 Å². The van der Waals surface area contributed by atoms with Crippen LogP contribution < -0.4 is 10.1 Å². The van der Waals surface area contributed by atoms with E-state index in [2.05, 4.69) is 26.2 Å². The van der Waals surface area contributed by atoms with Crippen molar-refractivity contribution in [3.05, 3.63) is 52.6 Å². The first-order chi connectivity index (χ1) is 8.78. The molecule has 1 aromatic heterocycles. The number of ether oxygens (including phenoxy) is 1. The molecule has 0 aliphatic rings. The second-order valence-corrected chi connectivity index (χ2v) is 4.70. The summed E-state index contributed by atoms with van der Waals surface area (Å²) in [6, 6.07) is 13.7. The maximum Gasteiger partial charge on any atom is 0.130 e. The highest BCUT2D eigenvalue weighted by Gasteiger charge is 1.99. The van der Waals surface area contributed by atoms with E-state index in [1.165, 1.54) is 0 Å². The van der Waals surface area contributed by atoms with Crippen LogP contribution in [-0.4, -0.2) is 11.5 Å². The SMILES string of the molecule is CCNc1cccc(COc2ccc(Br)cc2)n1. The second-order valence-electron chi connectivity index (χ2n) is 3.79. The van der Waals surface area contributed by atoms with Gasteiger partial charge in [0.25, 0.3) is 0 Å². The average Bonchev–Trinajstić information content (AvgIpc) is 2.39. The molecule has 2 rings (SSSR count). The lowest BCUT2D eigenvalue weighted by Crippen LogP contribution is -2.03. The molecule has 1 N–H and O–H groups in total. The van der Waals surface area contributed by atoms with Gasteiger partial charge in [-0.1, -0.05) is 22.0 Å². The Morgan fingerprint density at radius 1 is 1.17 bits per heavy atom. The molecular weight excluding hydrogens is 292 g/mol. The number of halogens is 1. The van der Waals surface area contributed by atoms with Crippen molar-refractivity contribution in [2.24, 2.45) is 0 Å². The third kappa shape index (κ3) is 3.74. The highest BCUT2D eigenvalue weighted by molar-refractivity contribution is 9.10. The van der Waals surface area contributed by atoms with Gasteiger partial charge in [0.2, 0.25) is 0 Å². The first kappa shape index (κ1) is 12.9.